The van der Waals surface area contributed by atoms with E-state index in [0.29, 0.717) is 11.2 Å². The lowest BCUT2D eigenvalue weighted by atomic mass is 9.92. The summed E-state index contributed by atoms with van der Waals surface area (Å²) in [7, 11) is 0. The number of fused-ring (bicyclic) bond motifs is 1. The van der Waals surface area contributed by atoms with Crippen LogP contribution in [0.3, 0.4) is 0 Å². The van der Waals surface area contributed by atoms with Gasteiger partial charge in [0.25, 0.3) is 0 Å². The minimum atomic E-state index is 0.617. The normalized spacial score (nSPS) is 37.4. The van der Waals surface area contributed by atoms with Crippen LogP contribution in [0.15, 0.2) is 46.9 Å². The highest BCUT2D eigenvalue weighted by atomic mass is 32.2. The summed E-state index contributed by atoms with van der Waals surface area (Å²) in [5, 5.41) is 0.641. The number of rotatable bonds is 0. The van der Waals surface area contributed by atoms with Crippen molar-refractivity contribution in [1.82, 2.24) is 0 Å². The van der Waals surface area contributed by atoms with Crippen LogP contribution >= 0.6 is 11.8 Å². The van der Waals surface area contributed by atoms with Gasteiger partial charge in [0.15, 0.2) is 0 Å². The first-order chi connectivity index (χ1) is 6.36. The maximum Gasteiger partial charge on any atom is 0.0381 e. The fraction of sp³-hybridized carbons (Fsp3) is 0.333. The van der Waals surface area contributed by atoms with Crippen molar-refractivity contribution >= 4 is 11.8 Å². The lowest BCUT2D eigenvalue weighted by molar-refractivity contribution is 0.821. The van der Waals surface area contributed by atoms with Gasteiger partial charge in [0, 0.05) is 16.1 Å². The first-order valence-electron chi connectivity index (χ1n) is 4.71. The van der Waals surface area contributed by atoms with Gasteiger partial charge < -0.3 is 0 Å². The molecule has 2 rings (SSSR count). The SMILES string of the molecule is C/C=C1\C(=C/C)SC2C=CC=CC12. The molecule has 1 heterocycles. The molecule has 13 heavy (non-hydrogen) atoms. The zero-order valence-electron chi connectivity index (χ0n) is 8.03. The molecule has 2 aliphatic rings. The summed E-state index contributed by atoms with van der Waals surface area (Å²) in [5.74, 6) is 0.617. The lowest BCUT2D eigenvalue weighted by Crippen LogP contribution is -2.09. The minimum absolute atomic E-state index is 0.617. The highest BCUT2D eigenvalue weighted by molar-refractivity contribution is 8.04. The average molecular weight is 190 g/mol. The van der Waals surface area contributed by atoms with Gasteiger partial charge in [-0.2, -0.15) is 0 Å². The summed E-state index contributed by atoms with van der Waals surface area (Å²) in [4.78, 5) is 1.45. The summed E-state index contributed by atoms with van der Waals surface area (Å²) < 4.78 is 0. The van der Waals surface area contributed by atoms with Crippen molar-refractivity contribution in [3.05, 3.63) is 46.9 Å². The Morgan fingerprint density at radius 1 is 1.15 bits per heavy atom. The molecule has 0 nitrogen and oxygen atoms in total. The molecule has 2 atom stereocenters. The molecule has 0 saturated carbocycles. The molecule has 0 aromatic rings. The summed E-state index contributed by atoms with van der Waals surface area (Å²) in [6, 6.07) is 0. The van der Waals surface area contributed by atoms with Gasteiger partial charge >= 0.3 is 0 Å². The molecule has 0 spiro atoms. The first-order valence-corrected chi connectivity index (χ1v) is 5.59. The largest absolute Gasteiger partial charge is 0.118 e. The smallest absolute Gasteiger partial charge is 0.0381 e. The molecule has 0 aromatic carbocycles. The van der Waals surface area contributed by atoms with Crippen LogP contribution in [0.5, 0.6) is 0 Å². The summed E-state index contributed by atoms with van der Waals surface area (Å²) in [5.41, 5.74) is 1.50. The fourth-order valence-electron chi connectivity index (χ4n) is 1.93. The van der Waals surface area contributed by atoms with Gasteiger partial charge in [-0.25, -0.2) is 0 Å². The molecular formula is C12H14S. The third kappa shape index (κ3) is 1.42. The van der Waals surface area contributed by atoms with E-state index in [2.05, 4.69) is 50.3 Å². The Morgan fingerprint density at radius 2 is 1.92 bits per heavy atom. The number of thioether (sulfide) groups is 1. The molecule has 0 bridgehead atoms. The van der Waals surface area contributed by atoms with Crippen molar-refractivity contribution < 1.29 is 0 Å². The zero-order valence-corrected chi connectivity index (χ0v) is 8.84. The lowest BCUT2D eigenvalue weighted by Gasteiger charge is -2.13. The van der Waals surface area contributed by atoms with Crippen LogP contribution in [0.2, 0.25) is 0 Å². The van der Waals surface area contributed by atoms with E-state index in [0.717, 1.165) is 0 Å². The Labute approximate surface area is 84.1 Å². The van der Waals surface area contributed by atoms with E-state index < -0.39 is 0 Å². The van der Waals surface area contributed by atoms with Crippen LogP contribution in [-0.2, 0) is 0 Å². The third-order valence-corrected chi connectivity index (χ3v) is 4.01. The Hall–Kier alpha value is -0.690. The second-order valence-electron chi connectivity index (χ2n) is 3.27. The van der Waals surface area contributed by atoms with Crippen LogP contribution in [0.25, 0.3) is 0 Å². The molecule has 68 valence electrons. The monoisotopic (exact) mass is 190 g/mol. The number of hydrogen-bond donors (Lipinski definition) is 0. The van der Waals surface area contributed by atoms with Crippen LogP contribution < -0.4 is 0 Å². The molecule has 2 unspecified atom stereocenters. The average Bonchev–Trinajstić information content (AvgIpc) is 2.55. The molecule has 0 aromatic heterocycles. The maximum atomic E-state index is 2.31. The Bertz CT molecular complexity index is 318. The van der Waals surface area contributed by atoms with Crippen LogP contribution in [0.1, 0.15) is 13.8 Å². The standard InChI is InChI=1S/C12H14S/c1-3-9-10-7-5-6-8-12(10)13-11(9)4-2/h3-8,10,12H,1-2H3/b9-3-,11-4+. The molecule has 1 aliphatic heterocycles. The van der Waals surface area contributed by atoms with Crippen molar-refractivity contribution in [2.75, 3.05) is 0 Å². The summed E-state index contributed by atoms with van der Waals surface area (Å²) in [6.45, 7) is 4.25. The molecule has 0 N–H and O–H groups in total. The van der Waals surface area contributed by atoms with E-state index in [1.54, 1.807) is 0 Å². The molecule has 1 aliphatic carbocycles. The van der Waals surface area contributed by atoms with Crippen molar-refractivity contribution in [2.24, 2.45) is 5.92 Å². The van der Waals surface area contributed by atoms with Gasteiger partial charge in [0.1, 0.15) is 0 Å². The van der Waals surface area contributed by atoms with E-state index in [1.165, 1.54) is 10.5 Å². The predicted octanol–water partition coefficient (Wildman–Crippen LogP) is 3.69. The highest BCUT2D eigenvalue weighted by Crippen LogP contribution is 2.47. The van der Waals surface area contributed by atoms with Gasteiger partial charge in [-0.3, -0.25) is 0 Å². The van der Waals surface area contributed by atoms with Gasteiger partial charge in [-0.1, -0.05) is 36.5 Å². The molecule has 1 saturated heterocycles. The van der Waals surface area contributed by atoms with Crippen molar-refractivity contribution in [1.29, 1.82) is 0 Å². The van der Waals surface area contributed by atoms with E-state index in [4.69, 9.17) is 0 Å². The quantitative estimate of drug-likeness (QED) is 0.561. The van der Waals surface area contributed by atoms with Crippen molar-refractivity contribution in [3.63, 3.8) is 0 Å². The number of hydrogen-bond acceptors (Lipinski definition) is 1. The zero-order chi connectivity index (χ0) is 9.26. The second-order valence-corrected chi connectivity index (χ2v) is 4.49. The molecule has 1 heteroatoms. The molecule has 0 amide bonds. The second kappa shape index (κ2) is 3.59. The maximum absolute atomic E-state index is 2.31. The van der Waals surface area contributed by atoms with Gasteiger partial charge in [0.05, 0.1) is 0 Å². The van der Waals surface area contributed by atoms with Crippen molar-refractivity contribution in [3.8, 4) is 0 Å². The third-order valence-electron chi connectivity index (χ3n) is 2.56. The molecular weight excluding hydrogens is 176 g/mol. The number of allylic oxidation sites excluding steroid dienone is 6. The van der Waals surface area contributed by atoms with E-state index in [-0.39, 0.29) is 0 Å². The Balaban J connectivity index is 2.37. The van der Waals surface area contributed by atoms with Crippen molar-refractivity contribution in [2.45, 2.75) is 19.1 Å². The van der Waals surface area contributed by atoms with Gasteiger partial charge in [-0.15, -0.1) is 11.8 Å². The van der Waals surface area contributed by atoms with Crippen LogP contribution in [0, 0.1) is 5.92 Å². The van der Waals surface area contributed by atoms with Crippen LogP contribution in [-0.4, -0.2) is 5.25 Å². The van der Waals surface area contributed by atoms with Gasteiger partial charge in [-0.05, 0) is 19.4 Å². The first kappa shape index (κ1) is 8.89. The van der Waals surface area contributed by atoms with E-state index in [1.807, 2.05) is 11.8 Å². The van der Waals surface area contributed by atoms with E-state index in [9.17, 15) is 0 Å². The minimum Gasteiger partial charge on any atom is -0.118 e. The predicted molar refractivity (Wildman–Crippen MR) is 60.7 cm³/mol. The fourth-order valence-corrected chi connectivity index (χ4v) is 3.30. The topological polar surface area (TPSA) is 0 Å². The Morgan fingerprint density at radius 3 is 2.62 bits per heavy atom. The van der Waals surface area contributed by atoms with Gasteiger partial charge in [0.2, 0.25) is 0 Å². The molecule has 1 fully saturated rings. The summed E-state index contributed by atoms with van der Waals surface area (Å²) >= 11 is 1.98. The van der Waals surface area contributed by atoms with E-state index >= 15 is 0 Å². The Kier molecular flexibility index (Phi) is 2.45. The summed E-state index contributed by atoms with van der Waals surface area (Å²) in [6.07, 6.45) is 13.4. The molecule has 0 radical (unpaired) electrons. The van der Waals surface area contributed by atoms with Crippen LogP contribution in [0.4, 0.5) is 0 Å². The highest BCUT2D eigenvalue weighted by Gasteiger charge is 2.32.